The van der Waals surface area contributed by atoms with Crippen LogP contribution < -0.4 is 10.9 Å². The van der Waals surface area contributed by atoms with Gasteiger partial charge < -0.3 is 5.32 Å². The maximum absolute atomic E-state index is 12.1. The average molecular weight is 361 g/mol. The molecule has 4 rings (SSSR count). The van der Waals surface area contributed by atoms with E-state index >= 15 is 0 Å². The molecule has 3 aromatic heterocycles. The van der Waals surface area contributed by atoms with Crippen LogP contribution in [0.25, 0.3) is 22.3 Å². The standard InChI is InChI=1S/C19H19N7O/c1-13-17-18(21-12-22-19(17)25(2)23-13)20-10-11-26-16(27)9-8-15(24-26)14-6-4-3-5-7-14/h3-9,12H,10-11H2,1-2H3,(H,20,21,22). The summed E-state index contributed by atoms with van der Waals surface area (Å²) in [6, 6.07) is 13.1. The van der Waals surface area contributed by atoms with Gasteiger partial charge in [-0.05, 0) is 13.0 Å². The number of hydrogen-bond acceptors (Lipinski definition) is 6. The molecule has 3 heterocycles. The van der Waals surface area contributed by atoms with Gasteiger partial charge in [0, 0.05) is 25.2 Å². The largest absolute Gasteiger partial charge is 0.367 e. The van der Waals surface area contributed by atoms with E-state index in [1.807, 2.05) is 44.3 Å². The van der Waals surface area contributed by atoms with Crippen molar-refractivity contribution in [1.82, 2.24) is 29.5 Å². The number of aryl methyl sites for hydroxylation is 2. The van der Waals surface area contributed by atoms with E-state index < -0.39 is 0 Å². The molecule has 0 aliphatic heterocycles. The summed E-state index contributed by atoms with van der Waals surface area (Å²) in [6.07, 6.45) is 1.51. The number of aromatic nitrogens is 6. The lowest BCUT2D eigenvalue weighted by Crippen LogP contribution is -2.26. The van der Waals surface area contributed by atoms with E-state index in [2.05, 4.69) is 25.5 Å². The molecule has 0 radical (unpaired) electrons. The Morgan fingerprint density at radius 3 is 2.67 bits per heavy atom. The first-order chi connectivity index (χ1) is 13.1. The van der Waals surface area contributed by atoms with Crippen LogP contribution in [0.2, 0.25) is 0 Å². The molecular formula is C19H19N7O. The third kappa shape index (κ3) is 3.29. The van der Waals surface area contributed by atoms with Crippen molar-refractivity contribution < 1.29 is 0 Å². The summed E-state index contributed by atoms with van der Waals surface area (Å²) in [5.41, 5.74) is 3.23. The molecule has 1 aromatic carbocycles. The molecule has 0 spiro atoms. The van der Waals surface area contributed by atoms with E-state index in [-0.39, 0.29) is 5.56 Å². The Bertz CT molecular complexity index is 1150. The van der Waals surface area contributed by atoms with Gasteiger partial charge in [0.2, 0.25) is 0 Å². The van der Waals surface area contributed by atoms with Crippen molar-refractivity contribution in [2.75, 3.05) is 11.9 Å². The van der Waals surface area contributed by atoms with Crippen LogP contribution in [-0.4, -0.2) is 36.1 Å². The summed E-state index contributed by atoms with van der Waals surface area (Å²) in [5.74, 6) is 0.706. The topological polar surface area (TPSA) is 90.5 Å². The summed E-state index contributed by atoms with van der Waals surface area (Å²) in [6.45, 7) is 2.85. The van der Waals surface area contributed by atoms with Crippen molar-refractivity contribution in [1.29, 1.82) is 0 Å². The van der Waals surface area contributed by atoms with Crippen LogP contribution in [0.4, 0.5) is 5.82 Å². The van der Waals surface area contributed by atoms with E-state index in [9.17, 15) is 4.79 Å². The van der Waals surface area contributed by atoms with Crippen LogP contribution in [0.5, 0.6) is 0 Å². The number of rotatable bonds is 5. The molecule has 0 amide bonds. The molecule has 4 aromatic rings. The maximum atomic E-state index is 12.1. The van der Waals surface area contributed by atoms with E-state index in [4.69, 9.17) is 0 Å². The number of hydrogen-bond donors (Lipinski definition) is 1. The van der Waals surface area contributed by atoms with Crippen LogP contribution in [0.15, 0.2) is 53.6 Å². The predicted octanol–water partition coefficient (Wildman–Crippen LogP) is 2.01. The van der Waals surface area contributed by atoms with Gasteiger partial charge in [-0.2, -0.15) is 10.2 Å². The third-order valence-electron chi connectivity index (χ3n) is 4.35. The number of nitrogens with zero attached hydrogens (tertiary/aromatic N) is 6. The third-order valence-corrected chi connectivity index (χ3v) is 4.35. The highest BCUT2D eigenvalue weighted by molar-refractivity contribution is 5.88. The minimum atomic E-state index is -0.137. The van der Waals surface area contributed by atoms with Crippen molar-refractivity contribution in [2.24, 2.45) is 7.05 Å². The zero-order valence-electron chi connectivity index (χ0n) is 15.1. The Morgan fingerprint density at radius 1 is 1.04 bits per heavy atom. The molecule has 0 fully saturated rings. The highest BCUT2D eigenvalue weighted by Gasteiger charge is 2.12. The molecule has 27 heavy (non-hydrogen) atoms. The van der Waals surface area contributed by atoms with Gasteiger partial charge in [0.25, 0.3) is 5.56 Å². The molecule has 0 atom stereocenters. The summed E-state index contributed by atoms with van der Waals surface area (Å²) < 4.78 is 3.19. The molecular weight excluding hydrogens is 342 g/mol. The lowest BCUT2D eigenvalue weighted by molar-refractivity contribution is 0.600. The fourth-order valence-electron chi connectivity index (χ4n) is 3.06. The van der Waals surface area contributed by atoms with Crippen LogP contribution in [0, 0.1) is 6.92 Å². The summed E-state index contributed by atoms with van der Waals surface area (Å²) in [5, 5.41) is 13.0. The van der Waals surface area contributed by atoms with Crippen molar-refractivity contribution in [3.05, 3.63) is 64.8 Å². The van der Waals surface area contributed by atoms with E-state index in [1.54, 1.807) is 16.8 Å². The van der Waals surface area contributed by atoms with Gasteiger partial charge in [-0.3, -0.25) is 9.48 Å². The second kappa shape index (κ2) is 6.99. The molecule has 8 nitrogen and oxygen atoms in total. The van der Waals surface area contributed by atoms with Gasteiger partial charge in [0.15, 0.2) is 5.65 Å². The second-order valence-electron chi connectivity index (χ2n) is 6.20. The quantitative estimate of drug-likeness (QED) is 0.585. The molecule has 1 N–H and O–H groups in total. The first-order valence-electron chi connectivity index (χ1n) is 8.65. The molecule has 0 unspecified atom stereocenters. The summed E-state index contributed by atoms with van der Waals surface area (Å²) >= 11 is 0. The van der Waals surface area contributed by atoms with Crippen molar-refractivity contribution in [3.8, 4) is 11.3 Å². The average Bonchev–Trinajstić information content (AvgIpc) is 2.99. The minimum absolute atomic E-state index is 0.137. The van der Waals surface area contributed by atoms with Crippen LogP contribution in [-0.2, 0) is 13.6 Å². The molecule has 0 aliphatic carbocycles. The monoisotopic (exact) mass is 361 g/mol. The fraction of sp³-hybridized carbons (Fsp3) is 0.211. The first-order valence-corrected chi connectivity index (χ1v) is 8.65. The Morgan fingerprint density at radius 2 is 1.85 bits per heavy atom. The van der Waals surface area contributed by atoms with Crippen LogP contribution >= 0.6 is 0 Å². The van der Waals surface area contributed by atoms with Gasteiger partial charge in [0.1, 0.15) is 12.1 Å². The zero-order valence-corrected chi connectivity index (χ0v) is 15.1. The fourth-order valence-corrected chi connectivity index (χ4v) is 3.06. The molecule has 136 valence electrons. The summed E-state index contributed by atoms with van der Waals surface area (Å²) in [7, 11) is 1.85. The highest BCUT2D eigenvalue weighted by atomic mass is 16.1. The van der Waals surface area contributed by atoms with Gasteiger partial charge in [-0.25, -0.2) is 14.6 Å². The molecule has 0 bridgehead atoms. The van der Waals surface area contributed by atoms with Gasteiger partial charge >= 0.3 is 0 Å². The lowest BCUT2D eigenvalue weighted by atomic mass is 10.1. The minimum Gasteiger partial charge on any atom is -0.367 e. The van der Waals surface area contributed by atoms with Crippen molar-refractivity contribution in [2.45, 2.75) is 13.5 Å². The van der Waals surface area contributed by atoms with Crippen molar-refractivity contribution in [3.63, 3.8) is 0 Å². The molecule has 0 saturated heterocycles. The predicted molar refractivity (Wildman–Crippen MR) is 103 cm³/mol. The first kappa shape index (κ1) is 16.9. The van der Waals surface area contributed by atoms with Gasteiger partial charge in [-0.1, -0.05) is 30.3 Å². The van der Waals surface area contributed by atoms with E-state index in [1.165, 1.54) is 11.0 Å². The molecule has 8 heteroatoms. The van der Waals surface area contributed by atoms with Gasteiger partial charge in [-0.15, -0.1) is 0 Å². The normalized spacial score (nSPS) is 11.0. The second-order valence-corrected chi connectivity index (χ2v) is 6.20. The van der Waals surface area contributed by atoms with E-state index in [0.29, 0.717) is 18.9 Å². The Labute approximate surface area is 155 Å². The zero-order chi connectivity index (χ0) is 18.8. The lowest BCUT2D eigenvalue weighted by Gasteiger charge is -2.09. The number of anilines is 1. The van der Waals surface area contributed by atoms with Crippen molar-refractivity contribution >= 4 is 16.9 Å². The van der Waals surface area contributed by atoms with Crippen LogP contribution in [0.1, 0.15) is 5.69 Å². The van der Waals surface area contributed by atoms with Crippen LogP contribution in [0.3, 0.4) is 0 Å². The molecule has 0 aliphatic rings. The number of benzene rings is 1. The number of fused-ring (bicyclic) bond motifs is 1. The van der Waals surface area contributed by atoms with E-state index in [0.717, 1.165) is 28.0 Å². The number of nitrogens with one attached hydrogen (secondary N) is 1. The summed E-state index contributed by atoms with van der Waals surface area (Å²) in [4.78, 5) is 20.7. The Balaban J connectivity index is 1.54. The maximum Gasteiger partial charge on any atom is 0.266 e. The SMILES string of the molecule is Cc1nn(C)c2ncnc(NCCn3nc(-c4ccccc4)ccc3=O)c12. The van der Waals surface area contributed by atoms with Gasteiger partial charge in [0.05, 0.1) is 23.3 Å². The smallest absolute Gasteiger partial charge is 0.266 e. The highest BCUT2D eigenvalue weighted by Crippen LogP contribution is 2.21. The Kier molecular flexibility index (Phi) is 4.37. The Hall–Kier alpha value is -3.55. The molecule has 0 saturated carbocycles.